The fraction of sp³-hybridized carbons (Fsp3) is 0.400. The van der Waals surface area contributed by atoms with Gasteiger partial charge < -0.3 is 16.2 Å². The third-order valence-corrected chi connectivity index (χ3v) is 2.00. The first-order valence-corrected chi connectivity index (χ1v) is 4.57. The average molecular weight is 216 g/mol. The predicted octanol–water partition coefficient (Wildman–Crippen LogP) is 1.62. The van der Waals surface area contributed by atoms with Crippen LogP contribution in [0.3, 0.4) is 0 Å². The molecule has 0 heterocycles. The van der Waals surface area contributed by atoms with Crippen LogP contribution >= 0.6 is 0 Å². The summed E-state index contributed by atoms with van der Waals surface area (Å²) in [4.78, 5) is 0. The summed E-state index contributed by atoms with van der Waals surface area (Å²) in [6, 6.07) is 5.24. The molecule has 0 saturated carbocycles. The van der Waals surface area contributed by atoms with Crippen LogP contribution in [0.2, 0.25) is 0 Å². The number of aryl methyl sites for hydroxylation is 1. The summed E-state index contributed by atoms with van der Waals surface area (Å²) >= 11 is 0. The Bertz CT molecular complexity index is 331. The molecule has 0 aromatic heterocycles. The Morgan fingerprint density at radius 3 is 2.67 bits per heavy atom. The van der Waals surface area contributed by atoms with Crippen LogP contribution in [0.4, 0.5) is 20.2 Å². The normalized spacial score (nSPS) is 12.9. The Morgan fingerprint density at radius 1 is 1.47 bits per heavy atom. The lowest BCUT2D eigenvalue weighted by Gasteiger charge is -2.13. The number of hydrogen-bond acceptors (Lipinski definition) is 3. The maximum Gasteiger partial charge on any atom is 0.265 e. The van der Waals surface area contributed by atoms with Gasteiger partial charge in [0.1, 0.15) is 6.10 Å². The van der Waals surface area contributed by atoms with Crippen molar-refractivity contribution in [1.82, 2.24) is 0 Å². The number of halogens is 2. The molecule has 0 amide bonds. The minimum absolute atomic E-state index is 0.217. The summed E-state index contributed by atoms with van der Waals surface area (Å²) in [5.74, 6) is 0. The molecular weight excluding hydrogens is 202 g/mol. The number of aliphatic hydroxyl groups excluding tert-OH is 1. The van der Waals surface area contributed by atoms with Gasteiger partial charge in [-0.2, -0.15) is 0 Å². The van der Waals surface area contributed by atoms with Crippen molar-refractivity contribution in [3.63, 3.8) is 0 Å². The van der Waals surface area contributed by atoms with Crippen molar-refractivity contribution in [1.29, 1.82) is 0 Å². The Hall–Kier alpha value is -1.36. The highest BCUT2D eigenvalue weighted by atomic mass is 19.3. The van der Waals surface area contributed by atoms with Gasteiger partial charge in [-0.1, -0.05) is 6.07 Å². The van der Waals surface area contributed by atoms with E-state index in [4.69, 9.17) is 10.8 Å². The number of aliphatic hydroxyl groups is 1. The van der Waals surface area contributed by atoms with Crippen molar-refractivity contribution in [2.24, 2.45) is 0 Å². The number of benzene rings is 1. The first-order valence-electron chi connectivity index (χ1n) is 4.57. The van der Waals surface area contributed by atoms with E-state index >= 15 is 0 Å². The fourth-order valence-corrected chi connectivity index (χ4v) is 1.15. The van der Waals surface area contributed by atoms with Crippen molar-refractivity contribution in [3.8, 4) is 0 Å². The molecular formula is C10H14F2N2O. The Kier molecular flexibility index (Phi) is 3.85. The second kappa shape index (κ2) is 4.93. The van der Waals surface area contributed by atoms with E-state index in [0.29, 0.717) is 11.4 Å². The predicted molar refractivity (Wildman–Crippen MR) is 56.1 cm³/mol. The van der Waals surface area contributed by atoms with Crippen LogP contribution in [0.1, 0.15) is 5.56 Å². The van der Waals surface area contributed by atoms with Gasteiger partial charge in [0.25, 0.3) is 6.43 Å². The number of hydrogen-bond donors (Lipinski definition) is 3. The molecule has 0 bridgehead atoms. The Morgan fingerprint density at radius 2 is 2.13 bits per heavy atom. The molecule has 0 aliphatic rings. The molecule has 0 spiro atoms. The zero-order valence-electron chi connectivity index (χ0n) is 8.37. The summed E-state index contributed by atoms with van der Waals surface area (Å²) < 4.78 is 23.9. The molecule has 4 N–H and O–H groups in total. The molecule has 0 fully saturated rings. The zero-order chi connectivity index (χ0) is 11.4. The quantitative estimate of drug-likeness (QED) is 0.670. The van der Waals surface area contributed by atoms with E-state index in [9.17, 15) is 8.78 Å². The van der Waals surface area contributed by atoms with Crippen molar-refractivity contribution < 1.29 is 13.9 Å². The van der Waals surface area contributed by atoms with E-state index in [1.807, 2.05) is 13.0 Å². The zero-order valence-corrected chi connectivity index (χ0v) is 8.37. The van der Waals surface area contributed by atoms with Crippen molar-refractivity contribution in [3.05, 3.63) is 23.8 Å². The topological polar surface area (TPSA) is 58.3 Å². The molecule has 0 radical (unpaired) electrons. The summed E-state index contributed by atoms with van der Waals surface area (Å²) in [7, 11) is 0. The molecule has 1 aromatic rings. The van der Waals surface area contributed by atoms with E-state index in [2.05, 4.69) is 5.32 Å². The number of nitrogen functional groups attached to an aromatic ring is 1. The van der Waals surface area contributed by atoms with E-state index < -0.39 is 12.5 Å². The second-order valence-electron chi connectivity index (χ2n) is 3.37. The highest BCUT2D eigenvalue weighted by Crippen LogP contribution is 2.19. The monoisotopic (exact) mass is 216 g/mol. The molecule has 0 saturated heterocycles. The third-order valence-electron chi connectivity index (χ3n) is 2.00. The van der Waals surface area contributed by atoms with Gasteiger partial charge in [-0.25, -0.2) is 8.78 Å². The van der Waals surface area contributed by atoms with E-state index in [-0.39, 0.29) is 6.54 Å². The lowest BCUT2D eigenvalue weighted by Crippen LogP contribution is -2.27. The largest absolute Gasteiger partial charge is 0.397 e. The standard InChI is InChI=1S/C10H14F2N2O/c1-6-2-3-8(7(13)4-6)14-5-9(15)10(11)12/h2-4,9-10,14-15H,5,13H2,1H3. The van der Waals surface area contributed by atoms with Gasteiger partial charge in [0.15, 0.2) is 0 Å². The molecule has 3 nitrogen and oxygen atoms in total. The molecule has 1 aromatic carbocycles. The number of nitrogens with one attached hydrogen (secondary N) is 1. The van der Waals surface area contributed by atoms with Gasteiger partial charge in [0, 0.05) is 6.54 Å². The average Bonchev–Trinajstić information content (AvgIpc) is 2.15. The van der Waals surface area contributed by atoms with Crippen molar-refractivity contribution in [2.45, 2.75) is 19.5 Å². The van der Waals surface area contributed by atoms with E-state index in [0.717, 1.165) is 5.56 Å². The van der Waals surface area contributed by atoms with Crippen LogP contribution in [0.15, 0.2) is 18.2 Å². The van der Waals surface area contributed by atoms with Crippen LogP contribution in [0.5, 0.6) is 0 Å². The molecule has 0 aliphatic carbocycles. The van der Waals surface area contributed by atoms with Crippen molar-refractivity contribution >= 4 is 11.4 Å². The maximum atomic E-state index is 12.0. The molecule has 84 valence electrons. The van der Waals surface area contributed by atoms with Crippen LogP contribution in [0.25, 0.3) is 0 Å². The minimum atomic E-state index is -2.75. The van der Waals surface area contributed by atoms with Gasteiger partial charge in [-0.05, 0) is 24.6 Å². The lowest BCUT2D eigenvalue weighted by molar-refractivity contribution is 0.00385. The minimum Gasteiger partial charge on any atom is -0.397 e. The first-order chi connectivity index (χ1) is 7.00. The van der Waals surface area contributed by atoms with Gasteiger partial charge in [0.05, 0.1) is 11.4 Å². The van der Waals surface area contributed by atoms with Gasteiger partial charge in [0.2, 0.25) is 0 Å². The lowest BCUT2D eigenvalue weighted by atomic mass is 10.2. The first kappa shape index (κ1) is 11.7. The molecule has 1 rings (SSSR count). The second-order valence-corrected chi connectivity index (χ2v) is 3.37. The number of alkyl halides is 2. The summed E-state index contributed by atoms with van der Waals surface area (Å²) in [5, 5.41) is 11.5. The van der Waals surface area contributed by atoms with Crippen LogP contribution in [0, 0.1) is 6.92 Å². The van der Waals surface area contributed by atoms with E-state index in [1.54, 1.807) is 12.1 Å². The Balaban J connectivity index is 2.58. The molecule has 5 heteroatoms. The number of nitrogens with two attached hydrogens (primary N) is 1. The third kappa shape index (κ3) is 3.36. The summed E-state index contributed by atoms with van der Waals surface area (Å²) in [5.41, 5.74) is 7.68. The van der Waals surface area contributed by atoms with Gasteiger partial charge in [-0.15, -0.1) is 0 Å². The van der Waals surface area contributed by atoms with Crippen LogP contribution in [-0.4, -0.2) is 24.2 Å². The highest BCUT2D eigenvalue weighted by Gasteiger charge is 2.16. The molecule has 15 heavy (non-hydrogen) atoms. The summed E-state index contributed by atoms with van der Waals surface area (Å²) in [6.45, 7) is 1.67. The van der Waals surface area contributed by atoms with Crippen LogP contribution < -0.4 is 11.1 Å². The molecule has 1 unspecified atom stereocenters. The smallest absolute Gasteiger partial charge is 0.265 e. The van der Waals surface area contributed by atoms with E-state index in [1.165, 1.54) is 0 Å². The van der Waals surface area contributed by atoms with Gasteiger partial charge in [-0.3, -0.25) is 0 Å². The number of rotatable bonds is 4. The van der Waals surface area contributed by atoms with Crippen molar-refractivity contribution in [2.75, 3.05) is 17.6 Å². The Labute approximate surface area is 86.9 Å². The summed E-state index contributed by atoms with van der Waals surface area (Å²) in [6.07, 6.45) is -4.42. The maximum absolute atomic E-state index is 12.0. The van der Waals surface area contributed by atoms with Crippen LogP contribution in [-0.2, 0) is 0 Å². The SMILES string of the molecule is Cc1ccc(NCC(O)C(F)F)c(N)c1. The molecule has 0 aliphatic heterocycles. The number of anilines is 2. The fourth-order valence-electron chi connectivity index (χ4n) is 1.15. The van der Waals surface area contributed by atoms with Gasteiger partial charge >= 0.3 is 0 Å². The highest BCUT2D eigenvalue weighted by molar-refractivity contribution is 5.66. The molecule has 1 atom stereocenters.